The Morgan fingerprint density at radius 2 is 1.89 bits per heavy atom. The summed E-state index contributed by atoms with van der Waals surface area (Å²) in [5.41, 5.74) is 2.28. The number of Topliss-reactive ketones (excluding diaryl/α,β-unsaturated/α-hetero) is 1. The molecule has 4 nitrogen and oxygen atoms in total. The molecule has 0 N–H and O–H groups in total. The van der Waals surface area contributed by atoms with E-state index >= 15 is 0 Å². The van der Waals surface area contributed by atoms with E-state index in [1.54, 1.807) is 11.0 Å². The molecule has 5 heteroatoms. The molecular formula is C13H17ClN2O2. The van der Waals surface area contributed by atoms with Crippen LogP contribution in [0.15, 0.2) is 18.2 Å². The van der Waals surface area contributed by atoms with Crippen LogP contribution in [-0.2, 0) is 4.79 Å². The number of carbonyl (C=O) groups is 2. The lowest BCUT2D eigenvalue weighted by Crippen LogP contribution is -2.35. The fourth-order valence-electron chi connectivity index (χ4n) is 1.94. The van der Waals surface area contributed by atoms with Crippen molar-refractivity contribution in [3.63, 3.8) is 0 Å². The van der Waals surface area contributed by atoms with Gasteiger partial charge in [0.2, 0.25) is 0 Å². The minimum atomic E-state index is -0.410. The number of carbonyl (C=O) groups excluding carboxylic acids is 2. The maximum absolute atomic E-state index is 11.8. The number of hydrogen-bond acceptors (Lipinski definition) is 3. The molecule has 1 aromatic rings. The zero-order valence-corrected chi connectivity index (χ0v) is 11.6. The minimum Gasteiger partial charge on any atom is -0.308 e. The summed E-state index contributed by atoms with van der Waals surface area (Å²) in [5, 5.41) is 0. The molecule has 1 aliphatic heterocycles. The van der Waals surface area contributed by atoms with Crippen LogP contribution in [0.1, 0.15) is 15.9 Å². The highest BCUT2D eigenvalue weighted by Gasteiger charge is 2.35. The maximum Gasteiger partial charge on any atom is 0.299 e. The molecule has 0 unspecified atom stereocenters. The number of ketones is 1. The molecule has 0 fully saturated rings. The lowest BCUT2D eigenvalue weighted by molar-refractivity contribution is -0.114. The topological polar surface area (TPSA) is 40.6 Å². The Hall–Kier alpha value is -1.39. The molecule has 0 atom stereocenters. The SMILES string of the molecule is Cc1ccc2c(c1)C(=O)C(=O)N2CCN(C)C.Cl. The van der Waals surface area contributed by atoms with E-state index in [4.69, 9.17) is 0 Å². The summed E-state index contributed by atoms with van der Waals surface area (Å²) >= 11 is 0. The van der Waals surface area contributed by atoms with E-state index in [2.05, 4.69) is 0 Å². The Balaban J connectivity index is 0.00000162. The first-order chi connectivity index (χ1) is 8.00. The van der Waals surface area contributed by atoms with Gasteiger partial charge in [0.1, 0.15) is 0 Å². The van der Waals surface area contributed by atoms with Gasteiger partial charge in [0, 0.05) is 13.1 Å². The van der Waals surface area contributed by atoms with Gasteiger partial charge in [-0.25, -0.2) is 0 Å². The first kappa shape index (κ1) is 14.7. The van der Waals surface area contributed by atoms with Gasteiger partial charge in [0.25, 0.3) is 11.7 Å². The fourth-order valence-corrected chi connectivity index (χ4v) is 1.94. The Morgan fingerprint density at radius 3 is 2.50 bits per heavy atom. The van der Waals surface area contributed by atoms with E-state index in [1.165, 1.54) is 0 Å². The van der Waals surface area contributed by atoms with Gasteiger partial charge in [0.05, 0.1) is 11.3 Å². The average molecular weight is 269 g/mol. The lowest BCUT2D eigenvalue weighted by Gasteiger charge is -2.19. The number of nitrogens with zero attached hydrogens (tertiary/aromatic N) is 2. The van der Waals surface area contributed by atoms with Crippen LogP contribution in [0.2, 0.25) is 0 Å². The van der Waals surface area contributed by atoms with Crippen molar-refractivity contribution in [1.82, 2.24) is 4.90 Å². The van der Waals surface area contributed by atoms with Crippen molar-refractivity contribution in [3.8, 4) is 0 Å². The number of rotatable bonds is 3. The third-order valence-corrected chi connectivity index (χ3v) is 2.90. The predicted octanol–water partition coefficient (Wildman–Crippen LogP) is 1.51. The number of amides is 1. The molecule has 0 saturated heterocycles. The number of benzene rings is 1. The van der Waals surface area contributed by atoms with Crippen LogP contribution in [0.25, 0.3) is 0 Å². The molecule has 0 bridgehead atoms. The van der Waals surface area contributed by atoms with Crippen molar-refractivity contribution in [2.45, 2.75) is 6.92 Å². The highest BCUT2D eigenvalue weighted by Crippen LogP contribution is 2.29. The second kappa shape index (κ2) is 5.50. The highest BCUT2D eigenvalue weighted by molar-refractivity contribution is 6.52. The number of hydrogen-bond donors (Lipinski definition) is 0. The van der Waals surface area contributed by atoms with Crippen LogP contribution in [0.3, 0.4) is 0 Å². The molecule has 1 heterocycles. The molecule has 1 amide bonds. The molecule has 0 radical (unpaired) electrons. The van der Waals surface area contributed by atoms with Gasteiger partial charge >= 0.3 is 0 Å². The Kier molecular flexibility index (Phi) is 4.48. The quantitative estimate of drug-likeness (QED) is 0.781. The van der Waals surface area contributed by atoms with E-state index in [-0.39, 0.29) is 18.2 Å². The monoisotopic (exact) mass is 268 g/mol. The van der Waals surface area contributed by atoms with Gasteiger partial charge in [-0.15, -0.1) is 12.4 Å². The standard InChI is InChI=1S/C13H16N2O2.ClH/c1-9-4-5-11-10(8-9)12(16)13(17)15(11)7-6-14(2)3;/h4-5,8H,6-7H2,1-3H3;1H. The van der Waals surface area contributed by atoms with Crippen molar-refractivity contribution in [1.29, 1.82) is 0 Å². The zero-order chi connectivity index (χ0) is 12.6. The molecule has 0 spiro atoms. The average Bonchev–Trinajstić information content (AvgIpc) is 2.50. The predicted molar refractivity (Wildman–Crippen MR) is 73.7 cm³/mol. The molecule has 0 aliphatic carbocycles. The fraction of sp³-hybridized carbons (Fsp3) is 0.385. The van der Waals surface area contributed by atoms with Crippen LogP contribution in [-0.4, -0.2) is 43.8 Å². The van der Waals surface area contributed by atoms with Crippen molar-refractivity contribution in [2.75, 3.05) is 32.1 Å². The van der Waals surface area contributed by atoms with E-state index in [0.29, 0.717) is 12.1 Å². The summed E-state index contributed by atoms with van der Waals surface area (Å²) in [6, 6.07) is 5.56. The van der Waals surface area contributed by atoms with Crippen LogP contribution in [0.4, 0.5) is 5.69 Å². The molecule has 0 aromatic heterocycles. The Labute approximate surface area is 113 Å². The van der Waals surface area contributed by atoms with Gasteiger partial charge < -0.3 is 9.80 Å². The molecule has 98 valence electrons. The second-order valence-electron chi connectivity index (χ2n) is 4.61. The Bertz CT molecular complexity index is 486. The van der Waals surface area contributed by atoms with Crippen molar-refractivity contribution in [2.24, 2.45) is 0 Å². The van der Waals surface area contributed by atoms with Gasteiger partial charge in [-0.3, -0.25) is 9.59 Å². The zero-order valence-electron chi connectivity index (χ0n) is 10.8. The summed E-state index contributed by atoms with van der Waals surface area (Å²) < 4.78 is 0. The third-order valence-electron chi connectivity index (χ3n) is 2.90. The number of aryl methyl sites for hydroxylation is 1. The first-order valence-corrected chi connectivity index (χ1v) is 5.62. The summed E-state index contributed by atoms with van der Waals surface area (Å²) in [6.45, 7) is 3.21. The van der Waals surface area contributed by atoms with Crippen LogP contribution in [0, 0.1) is 6.92 Å². The normalized spacial score (nSPS) is 13.9. The summed E-state index contributed by atoms with van der Waals surface area (Å²) in [4.78, 5) is 27.2. The van der Waals surface area contributed by atoms with Crippen LogP contribution in [0.5, 0.6) is 0 Å². The smallest absolute Gasteiger partial charge is 0.299 e. The number of fused-ring (bicyclic) bond motifs is 1. The minimum absolute atomic E-state index is 0. The molecule has 1 aromatic carbocycles. The Morgan fingerprint density at radius 1 is 1.22 bits per heavy atom. The molecular weight excluding hydrogens is 252 g/mol. The highest BCUT2D eigenvalue weighted by atomic mass is 35.5. The van der Waals surface area contributed by atoms with Crippen LogP contribution < -0.4 is 4.90 Å². The summed E-state index contributed by atoms with van der Waals surface area (Å²) in [7, 11) is 3.89. The lowest BCUT2D eigenvalue weighted by atomic mass is 10.1. The van der Waals surface area contributed by atoms with Crippen molar-refractivity contribution < 1.29 is 9.59 Å². The first-order valence-electron chi connectivity index (χ1n) is 5.62. The maximum atomic E-state index is 11.8. The number of halogens is 1. The summed E-state index contributed by atoms with van der Waals surface area (Å²) in [5.74, 6) is -0.796. The van der Waals surface area contributed by atoms with E-state index in [9.17, 15) is 9.59 Å². The van der Waals surface area contributed by atoms with Crippen molar-refractivity contribution in [3.05, 3.63) is 29.3 Å². The molecule has 18 heavy (non-hydrogen) atoms. The third kappa shape index (κ3) is 2.54. The molecule has 2 rings (SSSR count). The second-order valence-corrected chi connectivity index (χ2v) is 4.61. The number of anilines is 1. The van der Waals surface area contributed by atoms with Gasteiger partial charge in [-0.05, 0) is 33.2 Å². The van der Waals surface area contributed by atoms with Crippen LogP contribution >= 0.6 is 12.4 Å². The van der Waals surface area contributed by atoms with E-state index in [0.717, 1.165) is 17.8 Å². The summed E-state index contributed by atoms with van der Waals surface area (Å²) in [6.07, 6.45) is 0. The molecule has 0 saturated carbocycles. The van der Waals surface area contributed by atoms with Gasteiger partial charge in [-0.2, -0.15) is 0 Å². The van der Waals surface area contributed by atoms with E-state index in [1.807, 2.05) is 38.1 Å². The van der Waals surface area contributed by atoms with Gasteiger partial charge in [0.15, 0.2) is 0 Å². The number of likely N-dealkylation sites (N-methyl/N-ethyl adjacent to an activating group) is 1. The van der Waals surface area contributed by atoms with Gasteiger partial charge in [-0.1, -0.05) is 11.6 Å². The largest absolute Gasteiger partial charge is 0.308 e. The van der Waals surface area contributed by atoms with E-state index < -0.39 is 5.91 Å². The molecule has 1 aliphatic rings. The van der Waals surface area contributed by atoms with Crippen molar-refractivity contribution >= 4 is 29.8 Å².